The van der Waals surface area contributed by atoms with E-state index in [4.69, 9.17) is 27.2 Å². The number of halogens is 4. The van der Waals surface area contributed by atoms with E-state index in [1.54, 1.807) is 25.1 Å². The summed E-state index contributed by atoms with van der Waals surface area (Å²) < 4.78 is 33.9. The van der Waals surface area contributed by atoms with Crippen LogP contribution in [0.4, 0.5) is 8.78 Å². The Bertz CT molecular complexity index is 1240. The van der Waals surface area contributed by atoms with Gasteiger partial charge in [-0.25, -0.2) is 8.78 Å². The number of aromatic nitrogens is 1. The number of aryl methyl sites for hydroxylation is 1. The van der Waals surface area contributed by atoms with Crippen LogP contribution in [0.5, 0.6) is 5.75 Å². The van der Waals surface area contributed by atoms with Crippen LogP contribution < -0.4 is 21.3 Å². The summed E-state index contributed by atoms with van der Waals surface area (Å²) >= 11 is 6.22. The largest absolute Gasteiger partial charge is 0.487 e. The lowest BCUT2D eigenvalue weighted by molar-refractivity contribution is -0.123. The van der Waals surface area contributed by atoms with Crippen LogP contribution in [0.1, 0.15) is 22.4 Å². The zero-order valence-electron chi connectivity index (χ0n) is 18.8. The molecule has 2 aromatic carbocycles. The van der Waals surface area contributed by atoms with Crippen molar-refractivity contribution in [2.24, 2.45) is 5.73 Å². The van der Waals surface area contributed by atoms with E-state index in [2.05, 4.69) is 5.32 Å². The van der Waals surface area contributed by atoms with Gasteiger partial charge in [-0.2, -0.15) is 0 Å². The van der Waals surface area contributed by atoms with Crippen LogP contribution in [0.25, 0.3) is 0 Å². The lowest BCUT2D eigenvalue weighted by Gasteiger charge is -2.15. The van der Waals surface area contributed by atoms with E-state index in [-0.39, 0.29) is 48.4 Å². The fourth-order valence-electron chi connectivity index (χ4n) is 3.16. The predicted molar refractivity (Wildman–Crippen MR) is 131 cm³/mol. The first-order valence-electron chi connectivity index (χ1n) is 10.4. The molecule has 3 rings (SSSR count). The molecular weight excluding hydrogens is 503 g/mol. The number of amides is 1. The molecule has 0 unspecified atom stereocenters. The summed E-state index contributed by atoms with van der Waals surface area (Å²) in [6.45, 7) is 1.57. The monoisotopic (exact) mass is 527 g/mol. The van der Waals surface area contributed by atoms with E-state index >= 15 is 0 Å². The van der Waals surface area contributed by atoms with E-state index in [0.717, 1.165) is 23.3 Å². The van der Waals surface area contributed by atoms with E-state index in [0.29, 0.717) is 5.69 Å². The SMILES string of the molecule is Cc1cc(OCc2ccc(F)cc2F)c(Cl)c(=O)n1Cc1ccc(CNC(=O)[C@@H](N)CO)cc1.Cl. The molecule has 4 N–H and O–H groups in total. The van der Waals surface area contributed by atoms with Gasteiger partial charge in [-0.15, -0.1) is 12.4 Å². The summed E-state index contributed by atoms with van der Waals surface area (Å²) in [5.41, 5.74) is 7.35. The number of nitrogens with two attached hydrogens (primary N) is 1. The first kappa shape index (κ1) is 28.3. The van der Waals surface area contributed by atoms with Gasteiger partial charge in [-0.3, -0.25) is 9.59 Å². The number of aliphatic hydroxyl groups excluding tert-OH is 1. The van der Waals surface area contributed by atoms with Crippen LogP contribution in [-0.2, 0) is 24.5 Å². The average Bonchev–Trinajstić information content (AvgIpc) is 2.82. The number of pyridine rings is 1. The second-order valence-corrected chi connectivity index (χ2v) is 8.08. The van der Waals surface area contributed by atoms with Crippen molar-refractivity contribution in [1.29, 1.82) is 0 Å². The molecule has 1 heterocycles. The average molecular weight is 528 g/mol. The molecule has 11 heteroatoms. The summed E-state index contributed by atoms with van der Waals surface area (Å²) in [4.78, 5) is 24.5. The maximum absolute atomic E-state index is 13.8. The Morgan fingerprint density at radius 3 is 2.46 bits per heavy atom. The molecular formula is C24H25Cl2F2N3O4. The third-order valence-electron chi connectivity index (χ3n) is 5.18. The van der Waals surface area contributed by atoms with E-state index < -0.39 is 35.7 Å². The van der Waals surface area contributed by atoms with Gasteiger partial charge in [0.15, 0.2) is 0 Å². The highest BCUT2D eigenvalue weighted by Crippen LogP contribution is 2.24. The Kier molecular flexibility index (Phi) is 10.2. The van der Waals surface area contributed by atoms with Crippen molar-refractivity contribution in [3.05, 3.63) is 97.9 Å². The van der Waals surface area contributed by atoms with Crippen LogP contribution in [0, 0.1) is 18.6 Å². The van der Waals surface area contributed by atoms with E-state index in [1.165, 1.54) is 10.6 Å². The van der Waals surface area contributed by atoms with Crippen LogP contribution in [0.2, 0.25) is 5.02 Å². The first-order valence-corrected chi connectivity index (χ1v) is 10.8. The van der Waals surface area contributed by atoms with Gasteiger partial charge in [0, 0.05) is 29.9 Å². The minimum atomic E-state index is -0.972. The molecule has 1 aromatic heterocycles. The Morgan fingerprint density at radius 1 is 1.17 bits per heavy atom. The maximum Gasteiger partial charge on any atom is 0.273 e. The molecule has 0 saturated heterocycles. The van der Waals surface area contributed by atoms with Crippen molar-refractivity contribution < 1.29 is 23.4 Å². The molecule has 0 saturated carbocycles. The van der Waals surface area contributed by atoms with Gasteiger partial charge < -0.3 is 25.5 Å². The number of hydrogen-bond acceptors (Lipinski definition) is 5. The van der Waals surface area contributed by atoms with Gasteiger partial charge in [-0.05, 0) is 30.2 Å². The number of rotatable bonds is 9. The van der Waals surface area contributed by atoms with E-state index in [9.17, 15) is 18.4 Å². The second kappa shape index (κ2) is 12.6. The maximum atomic E-state index is 13.8. The predicted octanol–water partition coefficient (Wildman–Crippen LogP) is 3.07. The molecule has 0 radical (unpaired) electrons. The van der Waals surface area contributed by atoms with Crippen molar-refractivity contribution in [3.63, 3.8) is 0 Å². The zero-order chi connectivity index (χ0) is 24.8. The molecule has 1 amide bonds. The summed E-state index contributed by atoms with van der Waals surface area (Å²) in [6.07, 6.45) is 0. The third kappa shape index (κ3) is 7.25. The Hall–Kier alpha value is -2.98. The first-order chi connectivity index (χ1) is 16.2. The van der Waals surface area contributed by atoms with Gasteiger partial charge in [0.05, 0.1) is 13.2 Å². The molecule has 0 fully saturated rings. The van der Waals surface area contributed by atoms with Crippen LogP contribution in [0.3, 0.4) is 0 Å². The normalized spacial score (nSPS) is 11.5. The number of aliphatic hydroxyl groups is 1. The number of nitrogens with zero attached hydrogens (tertiary/aromatic N) is 1. The molecule has 3 aromatic rings. The van der Waals surface area contributed by atoms with Crippen LogP contribution in [-0.4, -0.2) is 28.2 Å². The number of hydrogen-bond donors (Lipinski definition) is 3. The smallest absolute Gasteiger partial charge is 0.273 e. The van der Waals surface area contributed by atoms with Gasteiger partial charge in [0.25, 0.3) is 5.56 Å². The molecule has 0 aliphatic rings. The van der Waals surface area contributed by atoms with Gasteiger partial charge in [0.1, 0.15) is 35.1 Å². The lowest BCUT2D eigenvalue weighted by Crippen LogP contribution is -2.42. The number of carbonyl (C=O) groups excluding carboxylic acids is 1. The summed E-state index contributed by atoms with van der Waals surface area (Å²) in [6, 6.07) is 11.0. The van der Waals surface area contributed by atoms with Crippen molar-refractivity contribution >= 4 is 29.9 Å². The highest BCUT2D eigenvalue weighted by Gasteiger charge is 2.15. The van der Waals surface area contributed by atoms with Crippen molar-refractivity contribution in [2.45, 2.75) is 32.7 Å². The molecule has 0 aliphatic heterocycles. The minimum absolute atomic E-state index is 0. The molecule has 1 atom stereocenters. The summed E-state index contributed by atoms with van der Waals surface area (Å²) in [5, 5.41) is 11.4. The van der Waals surface area contributed by atoms with Crippen molar-refractivity contribution in [2.75, 3.05) is 6.61 Å². The fraction of sp³-hybridized carbons (Fsp3) is 0.250. The highest BCUT2D eigenvalue weighted by atomic mass is 35.5. The standard InChI is InChI=1S/C24H24ClF2N3O4.ClH/c1-14-8-21(34-13-17-6-7-18(26)9-19(17)27)22(25)24(33)30(14)11-16-4-2-15(3-5-16)10-29-23(32)20(28)12-31;/h2-9,20,31H,10-13,28H2,1H3,(H,29,32);1H/t20-;/m0./s1. The highest BCUT2D eigenvalue weighted by molar-refractivity contribution is 6.31. The molecule has 0 bridgehead atoms. The van der Waals surface area contributed by atoms with Gasteiger partial charge in [-0.1, -0.05) is 35.9 Å². The van der Waals surface area contributed by atoms with Gasteiger partial charge >= 0.3 is 0 Å². The number of carbonyl (C=O) groups is 1. The number of benzene rings is 2. The third-order valence-corrected chi connectivity index (χ3v) is 5.53. The Morgan fingerprint density at radius 2 is 1.83 bits per heavy atom. The lowest BCUT2D eigenvalue weighted by atomic mass is 10.1. The van der Waals surface area contributed by atoms with E-state index in [1.807, 2.05) is 12.1 Å². The minimum Gasteiger partial charge on any atom is -0.487 e. The molecule has 188 valence electrons. The Balaban J connectivity index is 0.00000432. The van der Waals surface area contributed by atoms with Crippen LogP contribution >= 0.6 is 24.0 Å². The second-order valence-electron chi connectivity index (χ2n) is 7.70. The molecule has 0 spiro atoms. The topological polar surface area (TPSA) is 107 Å². The Labute approximate surface area is 211 Å². The van der Waals surface area contributed by atoms with Gasteiger partial charge in [0.2, 0.25) is 5.91 Å². The molecule has 7 nitrogen and oxygen atoms in total. The number of ether oxygens (including phenoxy) is 1. The zero-order valence-corrected chi connectivity index (χ0v) is 20.3. The molecule has 0 aliphatic carbocycles. The summed E-state index contributed by atoms with van der Waals surface area (Å²) in [5.74, 6) is -1.79. The summed E-state index contributed by atoms with van der Waals surface area (Å²) in [7, 11) is 0. The number of nitrogens with one attached hydrogen (secondary N) is 1. The fourth-order valence-corrected chi connectivity index (χ4v) is 3.37. The molecule has 35 heavy (non-hydrogen) atoms. The quantitative estimate of drug-likeness (QED) is 0.396. The van der Waals surface area contributed by atoms with Crippen LogP contribution in [0.15, 0.2) is 53.3 Å². The van der Waals surface area contributed by atoms with Crippen molar-refractivity contribution in [3.8, 4) is 5.75 Å². The van der Waals surface area contributed by atoms with Crippen molar-refractivity contribution in [1.82, 2.24) is 9.88 Å².